The molecule has 1 amide bonds. The van der Waals surface area contributed by atoms with Gasteiger partial charge in [0.15, 0.2) is 0 Å². The first-order chi connectivity index (χ1) is 20.3. The zero-order valence-corrected chi connectivity index (χ0v) is 25.3. The molecule has 0 aliphatic carbocycles. The summed E-state index contributed by atoms with van der Waals surface area (Å²) in [7, 11) is 0. The van der Waals surface area contributed by atoms with Gasteiger partial charge in [0.2, 0.25) is 0 Å². The number of carbonyl (C=O) groups excluding carboxylic acids is 1. The number of pyridine rings is 1. The summed E-state index contributed by atoms with van der Waals surface area (Å²) in [5.41, 5.74) is 2.62. The van der Waals surface area contributed by atoms with Crippen molar-refractivity contribution in [2.24, 2.45) is 0 Å². The van der Waals surface area contributed by atoms with Gasteiger partial charge in [-0.2, -0.15) is 5.26 Å². The molecule has 2 aromatic carbocycles. The van der Waals surface area contributed by atoms with Gasteiger partial charge < -0.3 is 9.80 Å². The number of hydrogen-bond acceptors (Lipinski definition) is 7. The Kier molecular flexibility index (Phi) is 9.09. The number of rotatable bonds is 8. The van der Waals surface area contributed by atoms with Gasteiger partial charge in [0.05, 0.1) is 10.6 Å². The number of nitrogens with zero attached hydrogens (tertiary/aromatic N) is 5. The van der Waals surface area contributed by atoms with Crippen molar-refractivity contribution in [1.29, 1.82) is 5.26 Å². The summed E-state index contributed by atoms with van der Waals surface area (Å²) >= 11 is 6.84. The first-order valence-corrected chi connectivity index (χ1v) is 15.3. The molecule has 2 saturated heterocycles. The first kappa shape index (κ1) is 29.5. The molecule has 5 rings (SSSR count). The Bertz CT molecular complexity index is 1640. The van der Waals surface area contributed by atoms with Gasteiger partial charge in [-0.1, -0.05) is 73.4 Å². The van der Waals surface area contributed by atoms with Gasteiger partial charge in [0.25, 0.3) is 11.5 Å². The monoisotopic (exact) mass is 601 g/mol. The number of hydrogen-bond donors (Lipinski definition) is 0. The van der Waals surface area contributed by atoms with E-state index in [2.05, 4.69) is 11.0 Å². The normalized spacial score (nSPS) is 16.4. The number of piperazine rings is 1. The summed E-state index contributed by atoms with van der Waals surface area (Å²) in [5, 5.41) is 9.94. The van der Waals surface area contributed by atoms with Crippen molar-refractivity contribution in [3.63, 3.8) is 0 Å². The second-order valence-electron chi connectivity index (χ2n) is 10.3. The van der Waals surface area contributed by atoms with Crippen LogP contribution in [-0.4, -0.2) is 52.4 Å². The molecule has 10 heteroatoms. The van der Waals surface area contributed by atoms with Gasteiger partial charge in [-0.25, -0.2) is 4.39 Å². The van der Waals surface area contributed by atoms with Crippen LogP contribution in [0.5, 0.6) is 0 Å². The molecule has 1 aromatic heterocycles. The fraction of sp³-hybridized carbons (Fsp3) is 0.312. The van der Waals surface area contributed by atoms with Crippen LogP contribution in [0.15, 0.2) is 64.3 Å². The quantitative estimate of drug-likeness (QED) is 0.255. The number of halogens is 1. The van der Waals surface area contributed by atoms with E-state index in [1.54, 1.807) is 34.6 Å². The average Bonchev–Trinajstić information content (AvgIpc) is 3.27. The lowest BCUT2D eigenvalue weighted by molar-refractivity contribution is -0.122. The van der Waals surface area contributed by atoms with Gasteiger partial charge in [0, 0.05) is 44.8 Å². The lowest BCUT2D eigenvalue weighted by atomic mass is 10.0. The molecule has 216 valence electrons. The molecule has 3 aromatic rings. The highest BCUT2D eigenvalue weighted by molar-refractivity contribution is 8.26. The Morgan fingerprint density at radius 1 is 1.00 bits per heavy atom. The fourth-order valence-electron chi connectivity index (χ4n) is 5.49. The molecule has 3 heterocycles. The summed E-state index contributed by atoms with van der Waals surface area (Å²) in [4.78, 5) is 33.3. The smallest absolute Gasteiger partial charge is 0.270 e. The number of thiocarbonyl (C=S) groups is 1. The van der Waals surface area contributed by atoms with Crippen molar-refractivity contribution in [2.75, 3.05) is 42.5 Å². The van der Waals surface area contributed by atoms with Crippen molar-refractivity contribution in [3.8, 4) is 6.07 Å². The van der Waals surface area contributed by atoms with Crippen LogP contribution in [0.3, 0.4) is 0 Å². The van der Waals surface area contributed by atoms with Gasteiger partial charge in [-0.15, -0.1) is 0 Å². The van der Waals surface area contributed by atoms with E-state index in [1.807, 2.05) is 48.2 Å². The number of benzene rings is 2. The van der Waals surface area contributed by atoms with Gasteiger partial charge in [-0.05, 0) is 49.1 Å². The molecule has 42 heavy (non-hydrogen) atoms. The molecule has 0 N–H and O–H groups in total. The molecule has 0 saturated carbocycles. The molecule has 7 nitrogen and oxygen atoms in total. The molecular formula is C32H32FN5O2S2. The van der Waals surface area contributed by atoms with Crippen molar-refractivity contribution in [3.05, 3.63) is 97.9 Å². The van der Waals surface area contributed by atoms with Crippen LogP contribution in [0.25, 0.3) is 6.08 Å². The largest absolute Gasteiger partial charge is 0.366 e. The Morgan fingerprint density at radius 3 is 2.33 bits per heavy atom. The van der Waals surface area contributed by atoms with Crippen molar-refractivity contribution in [2.45, 2.75) is 33.2 Å². The third-order valence-corrected chi connectivity index (χ3v) is 9.06. The summed E-state index contributed by atoms with van der Waals surface area (Å²) in [6, 6.07) is 18.8. The molecule has 0 unspecified atom stereocenters. The highest BCUT2D eigenvalue weighted by Crippen LogP contribution is 2.36. The maximum absolute atomic E-state index is 14.5. The number of para-hydroxylation sites is 1. The Hall–Kier alpha value is -3.94. The van der Waals surface area contributed by atoms with Crippen LogP contribution < -0.4 is 15.4 Å². The molecule has 2 fully saturated rings. The van der Waals surface area contributed by atoms with Crippen molar-refractivity contribution >= 4 is 51.8 Å². The van der Waals surface area contributed by atoms with Crippen LogP contribution in [0, 0.1) is 24.1 Å². The van der Waals surface area contributed by atoms with E-state index in [0.717, 1.165) is 5.56 Å². The molecule has 0 radical (unpaired) electrons. The van der Waals surface area contributed by atoms with Crippen molar-refractivity contribution < 1.29 is 9.18 Å². The molecule has 2 aliphatic rings. The Balaban J connectivity index is 1.50. The van der Waals surface area contributed by atoms with E-state index < -0.39 is 0 Å². The van der Waals surface area contributed by atoms with E-state index in [4.69, 9.17) is 12.2 Å². The summed E-state index contributed by atoms with van der Waals surface area (Å²) in [5.74, 6) is 0.238. The van der Waals surface area contributed by atoms with E-state index in [9.17, 15) is 19.2 Å². The topological polar surface area (TPSA) is 72.6 Å². The standard InChI is InChI=1S/C32H32FN5O2S2/c1-3-14-37-29(36-18-16-35(17-19-36)27-12-8-7-11-26(27)33)24(22(2)25(21-34)30(37)39)20-28-31(40)38(32(41)42-28)15-13-23-9-5-4-6-10-23/h4-12,20H,3,13-19H2,1-2H3/b28-20-. The van der Waals surface area contributed by atoms with Crippen LogP contribution in [-0.2, 0) is 17.8 Å². The lowest BCUT2D eigenvalue weighted by Gasteiger charge is -2.39. The summed E-state index contributed by atoms with van der Waals surface area (Å²) < 4.78 is 16.7. The SMILES string of the molecule is CCCn1c(N2CCN(c3ccccc3F)CC2)c(/C=C2\SC(=S)N(CCc3ccccc3)C2=O)c(C)c(C#N)c1=O. The van der Waals surface area contributed by atoms with E-state index in [0.29, 0.717) is 84.0 Å². The number of amides is 1. The molecule has 0 atom stereocenters. The number of nitriles is 1. The second kappa shape index (κ2) is 12.9. The summed E-state index contributed by atoms with van der Waals surface area (Å²) in [6.07, 6.45) is 3.16. The first-order valence-electron chi connectivity index (χ1n) is 14.0. The van der Waals surface area contributed by atoms with Crippen LogP contribution >= 0.6 is 24.0 Å². The maximum atomic E-state index is 14.5. The Labute approximate surface area is 254 Å². The fourth-order valence-corrected chi connectivity index (χ4v) is 6.78. The molecule has 2 aliphatic heterocycles. The highest BCUT2D eigenvalue weighted by Gasteiger charge is 2.33. The minimum Gasteiger partial charge on any atom is -0.366 e. The van der Waals surface area contributed by atoms with Gasteiger partial charge in [-0.3, -0.25) is 19.1 Å². The number of carbonyl (C=O) groups is 1. The highest BCUT2D eigenvalue weighted by atomic mass is 32.2. The minimum atomic E-state index is -0.337. The Morgan fingerprint density at radius 2 is 1.67 bits per heavy atom. The third-order valence-electron chi connectivity index (χ3n) is 7.68. The maximum Gasteiger partial charge on any atom is 0.270 e. The van der Waals surface area contributed by atoms with E-state index >= 15 is 0 Å². The number of thioether (sulfide) groups is 1. The minimum absolute atomic E-state index is 0.0722. The lowest BCUT2D eigenvalue weighted by Crippen LogP contribution is -2.49. The van der Waals surface area contributed by atoms with Crippen LogP contribution in [0.4, 0.5) is 15.9 Å². The van der Waals surface area contributed by atoms with Crippen molar-refractivity contribution in [1.82, 2.24) is 9.47 Å². The zero-order chi connectivity index (χ0) is 29.8. The van der Waals surface area contributed by atoms with Crippen LogP contribution in [0.2, 0.25) is 0 Å². The number of aromatic nitrogens is 1. The third kappa shape index (κ3) is 5.85. The second-order valence-corrected chi connectivity index (χ2v) is 12.0. The van der Waals surface area contributed by atoms with Gasteiger partial charge >= 0.3 is 0 Å². The van der Waals surface area contributed by atoms with E-state index in [-0.39, 0.29) is 22.8 Å². The van der Waals surface area contributed by atoms with E-state index in [1.165, 1.54) is 17.8 Å². The van der Waals surface area contributed by atoms with Gasteiger partial charge in [0.1, 0.15) is 27.6 Å². The molecular weight excluding hydrogens is 570 g/mol. The number of anilines is 2. The zero-order valence-electron chi connectivity index (χ0n) is 23.7. The van der Waals surface area contributed by atoms with Crippen LogP contribution in [0.1, 0.15) is 35.6 Å². The molecule has 0 spiro atoms. The molecule has 0 bridgehead atoms. The summed E-state index contributed by atoms with van der Waals surface area (Å²) in [6.45, 7) is 6.84. The predicted molar refractivity (Wildman–Crippen MR) is 171 cm³/mol. The predicted octanol–water partition coefficient (Wildman–Crippen LogP) is 5.35. The average molecular weight is 602 g/mol.